The molecule has 1 aliphatic heterocycles. The molecule has 0 spiro atoms. The van der Waals surface area contributed by atoms with Gasteiger partial charge in [0.15, 0.2) is 0 Å². The average molecular weight is 555 g/mol. The van der Waals surface area contributed by atoms with E-state index in [0.717, 1.165) is 61.6 Å². The Hall–Kier alpha value is -2.78. The molecule has 1 unspecified atom stereocenters. The first-order valence-corrected chi connectivity index (χ1v) is 14.4. The van der Waals surface area contributed by atoms with Crippen LogP contribution in [-0.2, 0) is 9.53 Å². The summed E-state index contributed by atoms with van der Waals surface area (Å²) in [5, 5.41) is 9.09. The molecule has 3 aromatic rings. The summed E-state index contributed by atoms with van der Waals surface area (Å²) >= 11 is 1.68. The van der Waals surface area contributed by atoms with Crippen LogP contribution < -0.4 is 0 Å². The van der Waals surface area contributed by atoms with Crippen LogP contribution in [0.5, 0.6) is 0 Å². The van der Waals surface area contributed by atoms with Crippen molar-refractivity contribution in [1.29, 1.82) is 0 Å². The van der Waals surface area contributed by atoms with Crippen molar-refractivity contribution in [2.24, 2.45) is 0 Å². The first kappa shape index (κ1) is 29.2. The van der Waals surface area contributed by atoms with Crippen molar-refractivity contribution in [2.45, 2.75) is 29.8 Å². The van der Waals surface area contributed by atoms with E-state index in [2.05, 4.69) is 21.9 Å². The van der Waals surface area contributed by atoms with Gasteiger partial charge in [0, 0.05) is 49.3 Å². The number of hydrogen-bond acceptors (Lipinski definition) is 5. The zero-order chi connectivity index (χ0) is 27.5. The Bertz CT molecular complexity index is 1100. The first-order chi connectivity index (χ1) is 19.0. The van der Waals surface area contributed by atoms with Gasteiger partial charge in [0.05, 0.1) is 6.10 Å². The second-order valence-electron chi connectivity index (χ2n) is 9.89. The highest BCUT2D eigenvalue weighted by atomic mass is 32.2. The molecule has 0 aliphatic carbocycles. The number of rotatable bonds is 14. The summed E-state index contributed by atoms with van der Waals surface area (Å²) in [6, 6.07) is 23.3. The van der Waals surface area contributed by atoms with Crippen LogP contribution in [0.4, 0.5) is 8.78 Å². The molecule has 1 N–H and O–H groups in total. The number of carboxylic acids is 1. The lowest BCUT2D eigenvalue weighted by Gasteiger charge is -2.36. The molecule has 1 fully saturated rings. The molecule has 0 saturated carbocycles. The predicted molar refractivity (Wildman–Crippen MR) is 151 cm³/mol. The van der Waals surface area contributed by atoms with E-state index in [9.17, 15) is 13.6 Å². The highest BCUT2D eigenvalue weighted by Crippen LogP contribution is 2.30. The molecule has 3 aromatic carbocycles. The van der Waals surface area contributed by atoms with Crippen molar-refractivity contribution in [3.05, 3.63) is 102 Å². The third-order valence-electron chi connectivity index (χ3n) is 7.06. The largest absolute Gasteiger partial charge is 0.480 e. The molecule has 1 saturated heterocycles. The van der Waals surface area contributed by atoms with Gasteiger partial charge < -0.3 is 14.7 Å². The van der Waals surface area contributed by atoms with Crippen LogP contribution in [-0.4, -0.2) is 78.6 Å². The molecule has 0 bridgehead atoms. The van der Waals surface area contributed by atoms with Crippen LogP contribution >= 0.6 is 11.8 Å². The maximum atomic E-state index is 13.5. The number of ether oxygens (including phenoxy) is 1. The lowest BCUT2D eigenvalue weighted by molar-refractivity contribution is -0.144. The number of carboxylic acid groups (broad SMARTS) is 1. The van der Waals surface area contributed by atoms with E-state index in [-0.39, 0.29) is 30.3 Å². The standard InChI is InChI=1S/C31H36F2N2O3S/c32-26-12-8-24(9-13-26)30(25-10-14-27(33)15-11-25)7-4-16-34-17-19-35(20-18-34)21-28(38-22-31(36)37)23-39-29-5-2-1-3-6-29/h1-3,5-6,8-15,28,30H,4,7,16-23H2,(H,36,37). The minimum Gasteiger partial charge on any atom is -0.480 e. The topological polar surface area (TPSA) is 53.0 Å². The monoisotopic (exact) mass is 554 g/mol. The van der Waals surface area contributed by atoms with E-state index in [1.54, 1.807) is 11.8 Å². The summed E-state index contributed by atoms with van der Waals surface area (Å²) in [4.78, 5) is 17.0. The molecule has 1 heterocycles. The molecular formula is C31H36F2N2O3S. The van der Waals surface area contributed by atoms with Gasteiger partial charge in [0.2, 0.25) is 0 Å². The molecular weight excluding hydrogens is 518 g/mol. The van der Waals surface area contributed by atoms with Gasteiger partial charge in [-0.25, -0.2) is 13.6 Å². The zero-order valence-corrected chi connectivity index (χ0v) is 22.9. The van der Waals surface area contributed by atoms with Crippen molar-refractivity contribution in [1.82, 2.24) is 9.80 Å². The van der Waals surface area contributed by atoms with Crippen molar-refractivity contribution in [2.75, 3.05) is 51.6 Å². The Balaban J connectivity index is 1.25. The molecule has 5 nitrogen and oxygen atoms in total. The number of thioether (sulfide) groups is 1. The number of halogens is 2. The quantitative estimate of drug-likeness (QED) is 0.256. The lowest BCUT2D eigenvalue weighted by atomic mass is 9.87. The highest BCUT2D eigenvalue weighted by Gasteiger charge is 2.22. The molecule has 1 aliphatic rings. The van der Waals surface area contributed by atoms with E-state index < -0.39 is 5.97 Å². The Morgan fingerprint density at radius 1 is 0.846 bits per heavy atom. The fourth-order valence-electron chi connectivity index (χ4n) is 4.97. The van der Waals surface area contributed by atoms with Gasteiger partial charge in [0.25, 0.3) is 0 Å². The second kappa shape index (κ2) is 15.1. The molecule has 39 heavy (non-hydrogen) atoms. The summed E-state index contributed by atoms with van der Waals surface area (Å²) in [7, 11) is 0. The zero-order valence-electron chi connectivity index (χ0n) is 22.1. The van der Waals surface area contributed by atoms with Crippen molar-refractivity contribution in [3.8, 4) is 0 Å². The molecule has 8 heteroatoms. The minimum atomic E-state index is -0.950. The number of carbonyl (C=O) groups is 1. The normalized spacial score (nSPS) is 15.5. The third kappa shape index (κ3) is 9.72. The average Bonchev–Trinajstić information content (AvgIpc) is 2.95. The summed E-state index contributed by atoms with van der Waals surface area (Å²) < 4.78 is 32.8. The summed E-state index contributed by atoms with van der Waals surface area (Å²) in [6.45, 7) is 5.06. The summed E-state index contributed by atoms with van der Waals surface area (Å²) in [5.41, 5.74) is 2.07. The van der Waals surface area contributed by atoms with E-state index in [0.29, 0.717) is 12.3 Å². The Kier molecular flexibility index (Phi) is 11.3. The van der Waals surface area contributed by atoms with E-state index in [1.807, 2.05) is 42.5 Å². The molecule has 208 valence electrons. The van der Waals surface area contributed by atoms with Crippen molar-refractivity contribution in [3.63, 3.8) is 0 Å². The van der Waals surface area contributed by atoms with Gasteiger partial charge in [0.1, 0.15) is 18.2 Å². The Morgan fingerprint density at radius 3 is 1.97 bits per heavy atom. The van der Waals surface area contributed by atoms with Crippen molar-refractivity contribution < 1.29 is 23.4 Å². The number of hydrogen-bond donors (Lipinski definition) is 1. The molecule has 0 radical (unpaired) electrons. The van der Waals surface area contributed by atoms with Crippen molar-refractivity contribution >= 4 is 17.7 Å². The van der Waals surface area contributed by atoms with Gasteiger partial charge in [-0.05, 0) is 66.9 Å². The van der Waals surface area contributed by atoms with Gasteiger partial charge in [-0.15, -0.1) is 11.8 Å². The van der Waals surface area contributed by atoms with E-state index in [4.69, 9.17) is 9.84 Å². The number of aliphatic carboxylic acids is 1. The Morgan fingerprint density at radius 2 is 1.41 bits per heavy atom. The lowest BCUT2D eigenvalue weighted by Crippen LogP contribution is -2.49. The molecule has 0 aromatic heterocycles. The van der Waals surface area contributed by atoms with Gasteiger partial charge in [-0.1, -0.05) is 42.5 Å². The van der Waals surface area contributed by atoms with Gasteiger partial charge in [-0.3, -0.25) is 4.90 Å². The molecule has 0 amide bonds. The van der Waals surface area contributed by atoms with Crippen LogP contribution in [0.3, 0.4) is 0 Å². The van der Waals surface area contributed by atoms with Crippen LogP contribution in [0.2, 0.25) is 0 Å². The van der Waals surface area contributed by atoms with Gasteiger partial charge in [-0.2, -0.15) is 0 Å². The fourth-order valence-corrected chi connectivity index (χ4v) is 5.90. The third-order valence-corrected chi connectivity index (χ3v) is 8.20. The maximum absolute atomic E-state index is 13.5. The Labute approximate surface area is 233 Å². The number of benzene rings is 3. The summed E-state index contributed by atoms with van der Waals surface area (Å²) in [6.07, 6.45) is 1.70. The first-order valence-electron chi connectivity index (χ1n) is 13.4. The van der Waals surface area contributed by atoms with Crippen LogP contribution in [0, 0.1) is 11.6 Å². The van der Waals surface area contributed by atoms with E-state index in [1.165, 1.54) is 24.3 Å². The maximum Gasteiger partial charge on any atom is 0.329 e. The second-order valence-corrected chi connectivity index (χ2v) is 11.0. The molecule has 1 atom stereocenters. The highest BCUT2D eigenvalue weighted by molar-refractivity contribution is 7.99. The summed E-state index contributed by atoms with van der Waals surface area (Å²) in [5.74, 6) is -0.686. The van der Waals surface area contributed by atoms with Crippen LogP contribution in [0.25, 0.3) is 0 Å². The van der Waals surface area contributed by atoms with Crippen LogP contribution in [0.15, 0.2) is 83.8 Å². The fraction of sp³-hybridized carbons (Fsp3) is 0.387. The smallest absolute Gasteiger partial charge is 0.329 e. The number of piperazine rings is 1. The molecule has 4 rings (SSSR count). The van der Waals surface area contributed by atoms with Gasteiger partial charge >= 0.3 is 5.97 Å². The SMILES string of the molecule is O=C(O)COC(CSc1ccccc1)CN1CCN(CCCC(c2ccc(F)cc2)c2ccc(F)cc2)CC1. The van der Waals surface area contributed by atoms with E-state index >= 15 is 0 Å². The minimum absolute atomic E-state index is 0.0849. The predicted octanol–water partition coefficient (Wildman–Crippen LogP) is 5.76. The van der Waals surface area contributed by atoms with Crippen LogP contribution in [0.1, 0.15) is 29.9 Å². The number of nitrogens with zero attached hydrogens (tertiary/aromatic N) is 2.